The molecule has 2 aliphatic rings. The van der Waals surface area contributed by atoms with Crippen LogP contribution in [0.1, 0.15) is 33.6 Å². The standard InChI is InChI=1S/C13H25N3O3/c1-11(2,3)19-10(17)16-6-4-5-12(14,9-16)13(18)7-15-8-13/h15,18H,4-9,14H2,1-3H3. The highest BCUT2D eigenvalue weighted by molar-refractivity contribution is 5.68. The van der Waals surface area contributed by atoms with E-state index in [1.54, 1.807) is 4.90 Å². The number of nitrogens with one attached hydrogen (secondary N) is 1. The van der Waals surface area contributed by atoms with Gasteiger partial charge in [0.2, 0.25) is 0 Å². The van der Waals surface area contributed by atoms with Gasteiger partial charge in [0.15, 0.2) is 0 Å². The summed E-state index contributed by atoms with van der Waals surface area (Å²) in [6, 6.07) is 0. The molecule has 0 bridgehead atoms. The summed E-state index contributed by atoms with van der Waals surface area (Å²) in [5.41, 5.74) is 4.19. The molecule has 0 aromatic carbocycles. The maximum absolute atomic E-state index is 12.1. The smallest absolute Gasteiger partial charge is 0.410 e. The van der Waals surface area contributed by atoms with Gasteiger partial charge in [0, 0.05) is 26.2 Å². The molecule has 2 heterocycles. The number of carbonyl (C=O) groups is 1. The summed E-state index contributed by atoms with van der Waals surface area (Å²) >= 11 is 0. The largest absolute Gasteiger partial charge is 0.444 e. The molecule has 1 unspecified atom stereocenters. The quantitative estimate of drug-likeness (QED) is 0.627. The van der Waals surface area contributed by atoms with Gasteiger partial charge in [-0.3, -0.25) is 0 Å². The number of nitrogens with two attached hydrogens (primary N) is 1. The van der Waals surface area contributed by atoms with Crippen LogP contribution >= 0.6 is 0 Å². The van der Waals surface area contributed by atoms with Crippen molar-refractivity contribution in [3.63, 3.8) is 0 Å². The third-order valence-corrected chi connectivity index (χ3v) is 3.94. The summed E-state index contributed by atoms with van der Waals surface area (Å²) in [6.45, 7) is 7.49. The highest BCUT2D eigenvalue weighted by atomic mass is 16.6. The minimum Gasteiger partial charge on any atom is -0.444 e. The van der Waals surface area contributed by atoms with Crippen molar-refractivity contribution in [3.8, 4) is 0 Å². The summed E-state index contributed by atoms with van der Waals surface area (Å²) in [4.78, 5) is 13.7. The first-order valence-electron chi connectivity index (χ1n) is 6.85. The van der Waals surface area contributed by atoms with Gasteiger partial charge in [0.25, 0.3) is 0 Å². The summed E-state index contributed by atoms with van der Waals surface area (Å²) in [6.07, 6.45) is 1.17. The van der Waals surface area contributed by atoms with Gasteiger partial charge in [-0.25, -0.2) is 4.79 Å². The second kappa shape index (κ2) is 4.61. The first-order chi connectivity index (χ1) is 8.65. The van der Waals surface area contributed by atoms with Crippen LogP contribution in [-0.4, -0.2) is 59.0 Å². The van der Waals surface area contributed by atoms with Crippen LogP contribution in [0.5, 0.6) is 0 Å². The van der Waals surface area contributed by atoms with Gasteiger partial charge < -0.3 is 25.8 Å². The number of amides is 1. The second-order valence-corrected chi connectivity index (χ2v) is 6.80. The van der Waals surface area contributed by atoms with Crippen molar-refractivity contribution in [3.05, 3.63) is 0 Å². The lowest BCUT2D eigenvalue weighted by Crippen LogP contribution is -2.79. The van der Waals surface area contributed by atoms with Crippen LogP contribution in [0.15, 0.2) is 0 Å². The molecule has 2 rings (SSSR count). The molecule has 2 aliphatic heterocycles. The fourth-order valence-corrected chi connectivity index (χ4v) is 2.66. The highest BCUT2D eigenvalue weighted by Crippen LogP contribution is 2.33. The van der Waals surface area contributed by atoms with E-state index in [4.69, 9.17) is 10.5 Å². The van der Waals surface area contributed by atoms with Crippen LogP contribution in [0.25, 0.3) is 0 Å². The second-order valence-electron chi connectivity index (χ2n) is 6.80. The molecule has 6 heteroatoms. The van der Waals surface area contributed by atoms with Crippen molar-refractivity contribution in [2.45, 2.75) is 50.4 Å². The van der Waals surface area contributed by atoms with Crippen molar-refractivity contribution < 1.29 is 14.6 Å². The number of β-amino-alcohol motifs (C(OH)–C–C–N with tert-alkyl or cyclic N) is 1. The van der Waals surface area contributed by atoms with Crippen molar-refractivity contribution in [2.75, 3.05) is 26.2 Å². The molecular formula is C13H25N3O3. The monoisotopic (exact) mass is 271 g/mol. The van der Waals surface area contributed by atoms with E-state index in [1.165, 1.54) is 0 Å². The Hall–Kier alpha value is -0.850. The average molecular weight is 271 g/mol. The van der Waals surface area contributed by atoms with Gasteiger partial charge in [0.1, 0.15) is 11.2 Å². The van der Waals surface area contributed by atoms with Crippen molar-refractivity contribution >= 4 is 6.09 Å². The van der Waals surface area contributed by atoms with E-state index in [1.807, 2.05) is 20.8 Å². The Morgan fingerprint density at radius 3 is 2.53 bits per heavy atom. The normalized spacial score (nSPS) is 30.7. The van der Waals surface area contributed by atoms with Crippen LogP contribution in [-0.2, 0) is 4.74 Å². The summed E-state index contributed by atoms with van der Waals surface area (Å²) in [7, 11) is 0. The van der Waals surface area contributed by atoms with Crippen LogP contribution in [0.2, 0.25) is 0 Å². The lowest BCUT2D eigenvalue weighted by atomic mass is 9.71. The number of ether oxygens (including phenoxy) is 1. The Balaban J connectivity index is 2.03. The van der Waals surface area contributed by atoms with E-state index >= 15 is 0 Å². The first kappa shape index (κ1) is 14.6. The number of hydrogen-bond donors (Lipinski definition) is 3. The number of aliphatic hydroxyl groups is 1. The zero-order valence-electron chi connectivity index (χ0n) is 12.0. The number of likely N-dealkylation sites (tertiary alicyclic amines) is 1. The number of carbonyl (C=O) groups excluding carboxylic acids is 1. The third-order valence-electron chi connectivity index (χ3n) is 3.94. The van der Waals surface area contributed by atoms with E-state index < -0.39 is 16.7 Å². The molecule has 19 heavy (non-hydrogen) atoms. The molecule has 0 radical (unpaired) electrons. The molecule has 0 aromatic rings. The molecule has 2 fully saturated rings. The Labute approximate surface area is 114 Å². The number of rotatable bonds is 1. The van der Waals surface area contributed by atoms with E-state index in [9.17, 15) is 9.90 Å². The summed E-state index contributed by atoms with van der Waals surface area (Å²) in [5, 5.41) is 13.5. The minimum atomic E-state index is -0.909. The Morgan fingerprint density at radius 2 is 2.05 bits per heavy atom. The molecule has 2 saturated heterocycles. The topological polar surface area (TPSA) is 87.8 Å². The number of nitrogens with zero attached hydrogens (tertiary/aromatic N) is 1. The van der Waals surface area contributed by atoms with Crippen molar-refractivity contribution in [1.29, 1.82) is 0 Å². The van der Waals surface area contributed by atoms with Crippen LogP contribution in [0, 0.1) is 0 Å². The summed E-state index contributed by atoms with van der Waals surface area (Å²) < 4.78 is 5.37. The molecule has 0 spiro atoms. The van der Waals surface area contributed by atoms with E-state index in [-0.39, 0.29) is 6.09 Å². The Bertz CT molecular complexity index is 363. The Morgan fingerprint density at radius 1 is 1.42 bits per heavy atom. The van der Waals surface area contributed by atoms with Gasteiger partial charge in [-0.05, 0) is 33.6 Å². The van der Waals surface area contributed by atoms with Crippen molar-refractivity contribution in [1.82, 2.24) is 10.2 Å². The lowest BCUT2D eigenvalue weighted by Gasteiger charge is -2.54. The number of hydrogen-bond acceptors (Lipinski definition) is 5. The lowest BCUT2D eigenvalue weighted by molar-refractivity contribution is -0.0990. The molecule has 110 valence electrons. The first-order valence-corrected chi connectivity index (χ1v) is 6.85. The molecule has 6 nitrogen and oxygen atoms in total. The molecule has 0 aliphatic carbocycles. The maximum Gasteiger partial charge on any atom is 0.410 e. The molecule has 4 N–H and O–H groups in total. The highest BCUT2D eigenvalue weighted by Gasteiger charge is 2.54. The fraction of sp³-hybridized carbons (Fsp3) is 0.923. The molecule has 1 amide bonds. The minimum absolute atomic E-state index is 0.347. The summed E-state index contributed by atoms with van der Waals surface area (Å²) in [5.74, 6) is 0. The van der Waals surface area contributed by atoms with Gasteiger partial charge in [-0.15, -0.1) is 0 Å². The molecular weight excluding hydrogens is 246 g/mol. The predicted molar refractivity (Wildman–Crippen MR) is 71.8 cm³/mol. The average Bonchev–Trinajstić information content (AvgIpc) is 2.23. The maximum atomic E-state index is 12.1. The fourth-order valence-electron chi connectivity index (χ4n) is 2.66. The van der Waals surface area contributed by atoms with Gasteiger partial charge >= 0.3 is 6.09 Å². The Kier molecular flexibility index (Phi) is 3.53. The predicted octanol–water partition coefficient (Wildman–Crippen LogP) is 0.0491. The molecule has 1 atom stereocenters. The SMILES string of the molecule is CC(C)(C)OC(=O)N1CCCC(N)(C2(O)CNC2)C1. The molecule has 0 aromatic heterocycles. The van der Waals surface area contributed by atoms with Gasteiger partial charge in [-0.1, -0.05) is 0 Å². The van der Waals surface area contributed by atoms with E-state index in [0.29, 0.717) is 26.2 Å². The van der Waals surface area contributed by atoms with Gasteiger partial charge in [0.05, 0.1) is 5.54 Å². The zero-order chi connectivity index (χ0) is 14.3. The third kappa shape index (κ3) is 2.85. The van der Waals surface area contributed by atoms with E-state index in [2.05, 4.69) is 5.32 Å². The van der Waals surface area contributed by atoms with Crippen LogP contribution < -0.4 is 11.1 Å². The van der Waals surface area contributed by atoms with E-state index in [0.717, 1.165) is 12.8 Å². The van der Waals surface area contributed by atoms with Crippen LogP contribution in [0.4, 0.5) is 4.79 Å². The van der Waals surface area contributed by atoms with Crippen molar-refractivity contribution in [2.24, 2.45) is 5.73 Å². The molecule has 0 saturated carbocycles. The van der Waals surface area contributed by atoms with Crippen LogP contribution in [0.3, 0.4) is 0 Å². The van der Waals surface area contributed by atoms with Gasteiger partial charge in [-0.2, -0.15) is 0 Å². The zero-order valence-corrected chi connectivity index (χ0v) is 12.0. The number of piperidine rings is 1.